The van der Waals surface area contributed by atoms with Crippen LogP contribution in [0.3, 0.4) is 0 Å². The molecule has 1 aliphatic rings. The van der Waals surface area contributed by atoms with Crippen molar-refractivity contribution in [3.8, 4) is 0 Å². The highest BCUT2D eigenvalue weighted by Gasteiger charge is 2.41. The van der Waals surface area contributed by atoms with E-state index in [1.807, 2.05) is 6.92 Å². The second-order valence-corrected chi connectivity index (χ2v) is 8.34. The van der Waals surface area contributed by atoms with Crippen molar-refractivity contribution in [2.24, 2.45) is 0 Å². The van der Waals surface area contributed by atoms with Crippen LogP contribution < -0.4 is 0 Å². The highest BCUT2D eigenvalue weighted by atomic mass is 28.4. The van der Waals surface area contributed by atoms with Crippen LogP contribution in [0.2, 0.25) is 12.6 Å². The molecule has 0 aromatic carbocycles. The third-order valence-electron chi connectivity index (χ3n) is 3.27. The zero-order chi connectivity index (χ0) is 12.9. The van der Waals surface area contributed by atoms with Gasteiger partial charge in [-0.1, -0.05) is 20.3 Å². The van der Waals surface area contributed by atoms with E-state index in [4.69, 9.17) is 18.3 Å². The lowest BCUT2D eigenvalue weighted by molar-refractivity contribution is -0.190. The monoisotopic (exact) mass is 262 g/mol. The molecular formula is C12H26O4Si. The van der Waals surface area contributed by atoms with E-state index in [2.05, 4.69) is 20.4 Å². The lowest BCUT2D eigenvalue weighted by atomic mass is 10.2. The van der Waals surface area contributed by atoms with E-state index >= 15 is 0 Å². The molecule has 0 aliphatic carbocycles. The topological polar surface area (TPSA) is 36.9 Å². The standard InChI is InChI=1S/C12H26O4Si/c1-6-8-17(5,13-4)15-10-12(7-2)14-9-11(3)16-12/h11H,6-10H2,1-5H3. The van der Waals surface area contributed by atoms with Crippen molar-refractivity contribution in [1.82, 2.24) is 0 Å². The van der Waals surface area contributed by atoms with Crippen molar-refractivity contribution in [2.45, 2.75) is 58.1 Å². The maximum atomic E-state index is 6.01. The molecule has 1 saturated heterocycles. The van der Waals surface area contributed by atoms with Crippen LogP contribution in [0.4, 0.5) is 0 Å². The van der Waals surface area contributed by atoms with Crippen molar-refractivity contribution in [1.29, 1.82) is 0 Å². The van der Waals surface area contributed by atoms with Crippen LogP contribution in [-0.2, 0) is 18.3 Å². The summed E-state index contributed by atoms with van der Waals surface area (Å²) in [6, 6.07) is 0.999. The maximum Gasteiger partial charge on any atom is 0.334 e. The van der Waals surface area contributed by atoms with Gasteiger partial charge in [0.15, 0.2) is 5.79 Å². The van der Waals surface area contributed by atoms with E-state index in [1.165, 1.54) is 0 Å². The Hall–Kier alpha value is 0.0569. The molecule has 0 amide bonds. The minimum Gasteiger partial charge on any atom is -0.398 e. The highest BCUT2D eigenvalue weighted by molar-refractivity contribution is 6.65. The molecule has 0 saturated carbocycles. The van der Waals surface area contributed by atoms with E-state index in [-0.39, 0.29) is 6.10 Å². The molecule has 1 aliphatic heterocycles. The van der Waals surface area contributed by atoms with Gasteiger partial charge in [0.2, 0.25) is 0 Å². The second kappa shape index (κ2) is 6.29. The Labute approximate surface area is 106 Å². The van der Waals surface area contributed by atoms with E-state index in [0.717, 1.165) is 18.9 Å². The van der Waals surface area contributed by atoms with Crippen molar-refractivity contribution in [2.75, 3.05) is 20.3 Å². The van der Waals surface area contributed by atoms with Gasteiger partial charge in [-0.15, -0.1) is 0 Å². The minimum absolute atomic E-state index is 0.153. The van der Waals surface area contributed by atoms with Gasteiger partial charge >= 0.3 is 8.56 Å². The van der Waals surface area contributed by atoms with E-state index in [0.29, 0.717) is 13.2 Å². The summed E-state index contributed by atoms with van der Waals surface area (Å²) in [4.78, 5) is 0. The van der Waals surface area contributed by atoms with E-state index < -0.39 is 14.3 Å². The Morgan fingerprint density at radius 2 is 2.12 bits per heavy atom. The fourth-order valence-electron chi connectivity index (χ4n) is 2.02. The van der Waals surface area contributed by atoms with Gasteiger partial charge in [-0.25, -0.2) is 0 Å². The van der Waals surface area contributed by atoms with Crippen LogP contribution in [0.1, 0.15) is 33.6 Å². The Morgan fingerprint density at radius 1 is 1.41 bits per heavy atom. The van der Waals surface area contributed by atoms with Gasteiger partial charge < -0.3 is 18.3 Å². The molecule has 0 bridgehead atoms. The maximum absolute atomic E-state index is 6.01. The van der Waals surface area contributed by atoms with Gasteiger partial charge in [0.1, 0.15) is 0 Å². The molecule has 3 unspecified atom stereocenters. The smallest absolute Gasteiger partial charge is 0.334 e. The summed E-state index contributed by atoms with van der Waals surface area (Å²) < 4.78 is 23.1. The largest absolute Gasteiger partial charge is 0.398 e. The molecule has 1 rings (SSSR count). The van der Waals surface area contributed by atoms with Gasteiger partial charge in [-0.3, -0.25) is 0 Å². The van der Waals surface area contributed by atoms with Gasteiger partial charge in [-0.2, -0.15) is 0 Å². The Balaban J connectivity index is 2.52. The lowest BCUT2D eigenvalue weighted by Crippen LogP contribution is -2.45. The number of ether oxygens (including phenoxy) is 2. The number of hydrogen-bond acceptors (Lipinski definition) is 4. The zero-order valence-electron chi connectivity index (χ0n) is 11.7. The van der Waals surface area contributed by atoms with Gasteiger partial charge in [0.25, 0.3) is 0 Å². The number of rotatable bonds is 7. The normalized spacial score (nSPS) is 32.6. The molecule has 3 atom stereocenters. The summed E-state index contributed by atoms with van der Waals surface area (Å²) in [7, 11) is -0.301. The van der Waals surface area contributed by atoms with E-state index in [1.54, 1.807) is 7.11 Å². The predicted molar refractivity (Wildman–Crippen MR) is 69.2 cm³/mol. The molecule has 1 fully saturated rings. The summed E-state index contributed by atoms with van der Waals surface area (Å²) in [5.74, 6) is -0.556. The average molecular weight is 262 g/mol. The molecule has 0 N–H and O–H groups in total. The first-order chi connectivity index (χ1) is 7.99. The fourth-order valence-corrected chi connectivity index (χ4v) is 3.92. The molecule has 17 heavy (non-hydrogen) atoms. The van der Waals surface area contributed by atoms with Crippen molar-refractivity contribution >= 4 is 8.56 Å². The highest BCUT2D eigenvalue weighted by Crippen LogP contribution is 2.29. The Morgan fingerprint density at radius 3 is 2.53 bits per heavy atom. The molecule has 5 heteroatoms. The minimum atomic E-state index is -2.04. The summed E-state index contributed by atoms with van der Waals surface area (Å²) in [5, 5.41) is 0. The van der Waals surface area contributed by atoms with Gasteiger partial charge in [0, 0.05) is 13.5 Å². The Kier molecular flexibility index (Phi) is 5.59. The molecule has 0 aromatic rings. The first-order valence-electron chi connectivity index (χ1n) is 6.50. The molecule has 0 radical (unpaired) electrons. The summed E-state index contributed by atoms with van der Waals surface area (Å²) in [6.45, 7) is 9.45. The molecule has 0 spiro atoms. The predicted octanol–water partition coefficient (Wildman–Crippen LogP) is 2.67. The zero-order valence-corrected chi connectivity index (χ0v) is 12.7. The quantitative estimate of drug-likeness (QED) is 0.661. The van der Waals surface area contributed by atoms with Crippen LogP contribution in [0, 0.1) is 0 Å². The number of hydrogen-bond donors (Lipinski definition) is 0. The third kappa shape index (κ3) is 4.03. The van der Waals surface area contributed by atoms with Crippen LogP contribution in [0.5, 0.6) is 0 Å². The van der Waals surface area contributed by atoms with Gasteiger partial charge in [-0.05, 0) is 19.5 Å². The summed E-state index contributed by atoms with van der Waals surface area (Å²) in [5.41, 5.74) is 0. The molecule has 1 heterocycles. The fraction of sp³-hybridized carbons (Fsp3) is 1.00. The summed E-state index contributed by atoms with van der Waals surface area (Å²) >= 11 is 0. The molecule has 4 nitrogen and oxygen atoms in total. The van der Waals surface area contributed by atoms with Crippen LogP contribution >= 0.6 is 0 Å². The van der Waals surface area contributed by atoms with Crippen molar-refractivity contribution < 1.29 is 18.3 Å². The van der Waals surface area contributed by atoms with Crippen molar-refractivity contribution in [3.05, 3.63) is 0 Å². The Bertz CT molecular complexity index is 239. The average Bonchev–Trinajstić information content (AvgIpc) is 2.70. The molecule has 102 valence electrons. The molecule has 0 aromatic heterocycles. The first-order valence-corrected chi connectivity index (χ1v) is 9.02. The molecular weight excluding hydrogens is 236 g/mol. The summed E-state index contributed by atoms with van der Waals surface area (Å²) in [6.07, 6.45) is 2.03. The van der Waals surface area contributed by atoms with Crippen molar-refractivity contribution in [3.63, 3.8) is 0 Å². The third-order valence-corrected chi connectivity index (χ3v) is 6.30. The van der Waals surface area contributed by atoms with Crippen LogP contribution in [0.15, 0.2) is 0 Å². The second-order valence-electron chi connectivity index (χ2n) is 4.88. The first kappa shape index (κ1) is 15.1. The van der Waals surface area contributed by atoms with E-state index in [9.17, 15) is 0 Å². The van der Waals surface area contributed by atoms with Gasteiger partial charge in [0.05, 0.1) is 19.3 Å². The SMILES string of the molecule is CCC[Si](C)(OC)OCC1(CC)OCC(C)O1. The van der Waals surface area contributed by atoms with Crippen LogP contribution in [0.25, 0.3) is 0 Å². The lowest BCUT2D eigenvalue weighted by Gasteiger charge is -2.32. The van der Waals surface area contributed by atoms with Crippen LogP contribution in [-0.4, -0.2) is 40.8 Å².